The minimum Gasteiger partial charge on any atom is -0.503 e. The van der Waals surface area contributed by atoms with Gasteiger partial charge in [-0.05, 0) is 38.0 Å². The van der Waals surface area contributed by atoms with Gasteiger partial charge in [-0.15, -0.1) is 0 Å². The van der Waals surface area contributed by atoms with Crippen molar-refractivity contribution in [2.45, 2.75) is 53.2 Å². The molecule has 1 aromatic rings. The van der Waals surface area contributed by atoms with Crippen LogP contribution in [0.4, 0.5) is 0 Å². The Morgan fingerprint density at radius 3 is 2.33 bits per heavy atom. The van der Waals surface area contributed by atoms with E-state index in [9.17, 15) is 14.7 Å². The Balaban J connectivity index is 2.48. The van der Waals surface area contributed by atoms with E-state index in [-0.39, 0.29) is 17.5 Å². The number of benzene rings is 1. The lowest BCUT2D eigenvalue weighted by atomic mass is 9.82. The zero-order valence-electron chi connectivity index (χ0n) is 18.9. The Kier molecular flexibility index (Phi) is 7.53. The van der Waals surface area contributed by atoms with Gasteiger partial charge in [0.05, 0.1) is 31.9 Å². The van der Waals surface area contributed by atoms with E-state index in [1.165, 1.54) is 19.1 Å². The Morgan fingerprint density at radius 1 is 1.17 bits per heavy atom. The van der Waals surface area contributed by atoms with Gasteiger partial charge >= 0.3 is 0 Å². The van der Waals surface area contributed by atoms with Gasteiger partial charge in [-0.25, -0.2) is 0 Å². The molecule has 0 aliphatic carbocycles. The standard InChI is InChI=1S/C23H33NO6/c1-14(2)30-12-8-11-24-19(15-9-10-16(28-6)17(13-15)29-7)18(20(25)22(24)27)21(26)23(3,4)5/h9-10,13-14,19,25H,8,11-12H2,1-7H3. The van der Waals surface area contributed by atoms with E-state index >= 15 is 0 Å². The average molecular weight is 420 g/mol. The second kappa shape index (κ2) is 9.51. The molecule has 1 heterocycles. The molecule has 0 spiro atoms. The van der Waals surface area contributed by atoms with E-state index in [0.717, 1.165) is 0 Å². The summed E-state index contributed by atoms with van der Waals surface area (Å²) >= 11 is 0. The number of hydrogen-bond donors (Lipinski definition) is 1. The van der Waals surface area contributed by atoms with Crippen LogP contribution in [0.5, 0.6) is 11.5 Å². The lowest BCUT2D eigenvalue weighted by molar-refractivity contribution is -0.129. The molecule has 7 nitrogen and oxygen atoms in total. The zero-order valence-corrected chi connectivity index (χ0v) is 18.9. The number of aliphatic hydroxyl groups excluding tert-OH is 1. The van der Waals surface area contributed by atoms with E-state index < -0.39 is 23.1 Å². The van der Waals surface area contributed by atoms with Gasteiger partial charge in [0.15, 0.2) is 23.0 Å². The highest BCUT2D eigenvalue weighted by Gasteiger charge is 2.45. The van der Waals surface area contributed by atoms with Crippen molar-refractivity contribution in [3.8, 4) is 11.5 Å². The summed E-state index contributed by atoms with van der Waals surface area (Å²) in [5.41, 5.74) is 0.0294. The van der Waals surface area contributed by atoms with Crippen LogP contribution in [0.1, 0.15) is 52.6 Å². The lowest BCUT2D eigenvalue weighted by Crippen LogP contribution is -2.34. The molecule has 166 valence electrons. The predicted molar refractivity (Wildman–Crippen MR) is 114 cm³/mol. The Bertz CT molecular complexity index is 821. The predicted octanol–water partition coefficient (Wildman–Crippen LogP) is 3.83. The van der Waals surface area contributed by atoms with E-state index in [2.05, 4.69) is 0 Å². The van der Waals surface area contributed by atoms with Crippen LogP contribution in [-0.4, -0.2) is 55.2 Å². The fourth-order valence-electron chi connectivity index (χ4n) is 3.44. The highest BCUT2D eigenvalue weighted by atomic mass is 16.5. The molecule has 1 aliphatic heterocycles. The fraction of sp³-hybridized carbons (Fsp3) is 0.565. The largest absolute Gasteiger partial charge is 0.503 e. The normalized spacial score (nSPS) is 17.1. The van der Waals surface area contributed by atoms with Crippen LogP contribution in [0.3, 0.4) is 0 Å². The molecule has 0 bridgehead atoms. The van der Waals surface area contributed by atoms with Gasteiger partial charge in [0.2, 0.25) is 0 Å². The van der Waals surface area contributed by atoms with Gasteiger partial charge < -0.3 is 24.2 Å². The van der Waals surface area contributed by atoms with Crippen molar-refractivity contribution >= 4 is 11.7 Å². The minimum atomic E-state index is -0.755. The molecule has 0 radical (unpaired) electrons. The first kappa shape index (κ1) is 23.7. The maximum absolute atomic E-state index is 13.2. The number of methoxy groups -OCH3 is 2. The van der Waals surface area contributed by atoms with Crippen molar-refractivity contribution in [3.63, 3.8) is 0 Å². The quantitative estimate of drug-likeness (QED) is 0.613. The lowest BCUT2D eigenvalue weighted by Gasteiger charge is -2.29. The maximum atomic E-state index is 13.2. The molecule has 1 amide bonds. The Hall–Kier alpha value is -2.54. The summed E-state index contributed by atoms with van der Waals surface area (Å²) in [6, 6.07) is 4.55. The molecular weight excluding hydrogens is 386 g/mol. The number of Topliss-reactive ketones (excluding diaryl/α,β-unsaturated/α-hetero) is 1. The SMILES string of the molecule is COc1ccc(C2C(C(=O)C(C)(C)C)=C(O)C(=O)N2CCCOC(C)C)cc1OC. The number of carbonyl (C=O) groups is 2. The summed E-state index contributed by atoms with van der Waals surface area (Å²) in [4.78, 5) is 27.6. The first-order valence-corrected chi connectivity index (χ1v) is 10.1. The molecule has 1 atom stereocenters. The van der Waals surface area contributed by atoms with Gasteiger partial charge in [0, 0.05) is 18.6 Å². The molecule has 1 N–H and O–H groups in total. The molecule has 1 aromatic carbocycles. The Morgan fingerprint density at radius 2 is 1.80 bits per heavy atom. The topological polar surface area (TPSA) is 85.3 Å². The highest BCUT2D eigenvalue weighted by Crippen LogP contribution is 2.43. The van der Waals surface area contributed by atoms with Crippen molar-refractivity contribution in [2.24, 2.45) is 5.41 Å². The molecule has 7 heteroatoms. The highest BCUT2D eigenvalue weighted by molar-refractivity contribution is 6.10. The van der Waals surface area contributed by atoms with Crippen LogP contribution in [0, 0.1) is 5.41 Å². The van der Waals surface area contributed by atoms with Crippen molar-refractivity contribution in [1.29, 1.82) is 0 Å². The summed E-state index contributed by atoms with van der Waals surface area (Å²) in [6.45, 7) is 10.0. The van der Waals surface area contributed by atoms with Gasteiger partial charge in [-0.2, -0.15) is 0 Å². The first-order valence-electron chi connectivity index (χ1n) is 10.1. The Labute approximate surface area is 178 Å². The number of amides is 1. The van der Waals surface area contributed by atoms with Crippen LogP contribution in [0.25, 0.3) is 0 Å². The number of ether oxygens (including phenoxy) is 3. The van der Waals surface area contributed by atoms with Gasteiger partial charge in [-0.1, -0.05) is 26.8 Å². The second-order valence-corrected chi connectivity index (χ2v) is 8.63. The van der Waals surface area contributed by atoms with Crippen molar-refractivity contribution in [2.75, 3.05) is 27.4 Å². The third-order valence-electron chi connectivity index (χ3n) is 4.95. The number of nitrogens with zero attached hydrogens (tertiary/aromatic N) is 1. The maximum Gasteiger partial charge on any atom is 0.290 e. The minimum absolute atomic E-state index is 0.0884. The number of hydrogen-bond acceptors (Lipinski definition) is 6. The molecule has 1 unspecified atom stereocenters. The zero-order chi connectivity index (χ0) is 22.6. The number of ketones is 1. The van der Waals surface area contributed by atoms with E-state index in [1.807, 2.05) is 13.8 Å². The summed E-state index contributed by atoms with van der Waals surface area (Å²) in [5.74, 6) is -0.278. The number of rotatable bonds is 9. The van der Waals surface area contributed by atoms with Crippen LogP contribution in [0.2, 0.25) is 0 Å². The molecule has 1 aliphatic rings. The number of aliphatic hydroxyl groups is 1. The van der Waals surface area contributed by atoms with E-state index in [1.54, 1.807) is 39.0 Å². The van der Waals surface area contributed by atoms with Crippen LogP contribution in [0.15, 0.2) is 29.5 Å². The van der Waals surface area contributed by atoms with Crippen molar-refractivity contribution in [3.05, 3.63) is 35.1 Å². The van der Waals surface area contributed by atoms with Crippen LogP contribution < -0.4 is 9.47 Å². The second-order valence-electron chi connectivity index (χ2n) is 8.63. The number of carbonyl (C=O) groups excluding carboxylic acids is 2. The molecule has 0 fully saturated rings. The van der Waals surface area contributed by atoms with Gasteiger partial charge in [0.25, 0.3) is 5.91 Å². The third-order valence-corrected chi connectivity index (χ3v) is 4.95. The monoisotopic (exact) mass is 419 g/mol. The van der Waals surface area contributed by atoms with Crippen LogP contribution >= 0.6 is 0 Å². The fourth-order valence-corrected chi connectivity index (χ4v) is 3.44. The summed E-state index contributed by atoms with van der Waals surface area (Å²) in [7, 11) is 3.06. The first-order chi connectivity index (χ1) is 14.0. The average Bonchev–Trinajstić information content (AvgIpc) is 2.93. The van der Waals surface area contributed by atoms with Gasteiger partial charge in [-0.3, -0.25) is 9.59 Å². The molecule has 0 aromatic heterocycles. The molecule has 30 heavy (non-hydrogen) atoms. The third kappa shape index (κ3) is 4.95. The van der Waals surface area contributed by atoms with Crippen LogP contribution in [-0.2, 0) is 14.3 Å². The van der Waals surface area contributed by atoms with E-state index in [0.29, 0.717) is 36.6 Å². The molecule has 2 rings (SSSR count). The van der Waals surface area contributed by atoms with Gasteiger partial charge in [0.1, 0.15) is 0 Å². The van der Waals surface area contributed by atoms with Crippen molar-refractivity contribution < 1.29 is 28.9 Å². The molecule has 0 saturated carbocycles. The summed E-state index contributed by atoms with van der Waals surface area (Å²) < 4.78 is 16.3. The summed E-state index contributed by atoms with van der Waals surface area (Å²) in [6.07, 6.45) is 0.670. The van der Waals surface area contributed by atoms with Crippen molar-refractivity contribution in [1.82, 2.24) is 4.90 Å². The molecule has 0 saturated heterocycles. The summed E-state index contributed by atoms with van der Waals surface area (Å²) in [5, 5.41) is 10.6. The smallest absolute Gasteiger partial charge is 0.290 e. The molecular formula is C23H33NO6. The van der Waals surface area contributed by atoms with E-state index in [4.69, 9.17) is 14.2 Å².